The van der Waals surface area contributed by atoms with E-state index in [4.69, 9.17) is 0 Å². The molecule has 1 aromatic heterocycles. The number of halogens is 1. The van der Waals surface area contributed by atoms with E-state index >= 15 is 0 Å². The molecule has 88 valence electrons. The summed E-state index contributed by atoms with van der Waals surface area (Å²) in [4.78, 5) is 15.4. The van der Waals surface area contributed by atoms with Crippen molar-refractivity contribution < 1.29 is 9.90 Å². The summed E-state index contributed by atoms with van der Waals surface area (Å²) in [6, 6.07) is 5.73. The van der Waals surface area contributed by atoms with Gasteiger partial charge in [0.1, 0.15) is 5.69 Å². The monoisotopic (exact) mass is 294 g/mol. The van der Waals surface area contributed by atoms with Crippen LogP contribution >= 0.6 is 15.9 Å². The van der Waals surface area contributed by atoms with Gasteiger partial charge in [-0.1, -0.05) is 22.0 Å². The number of aryl methyl sites for hydroxylation is 2. The molecule has 0 radical (unpaired) electrons. The highest BCUT2D eigenvalue weighted by molar-refractivity contribution is 9.10. The summed E-state index contributed by atoms with van der Waals surface area (Å²) in [7, 11) is 1.67. The first-order chi connectivity index (χ1) is 8.00. The molecule has 0 bridgehead atoms. The summed E-state index contributed by atoms with van der Waals surface area (Å²) < 4.78 is 2.41. The van der Waals surface area contributed by atoms with Crippen LogP contribution in [0.3, 0.4) is 0 Å². The number of aromatic nitrogens is 2. The quantitative estimate of drug-likeness (QED) is 0.927. The molecule has 0 amide bonds. The highest BCUT2D eigenvalue weighted by atomic mass is 79.9. The van der Waals surface area contributed by atoms with Crippen molar-refractivity contribution in [2.45, 2.75) is 6.92 Å². The highest BCUT2D eigenvalue weighted by Gasteiger charge is 2.18. The second-order valence-electron chi connectivity index (χ2n) is 3.82. The third kappa shape index (κ3) is 2.10. The van der Waals surface area contributed by atoms with Crippen molar-refractivity contribution in [2.24, 2.45) is 7.05 Å². The van der Waals surface area contributed by atoms with E-state index < -0.39 is 5.97 Å². The maximum absolute atomic E-state index is 11.2. The number of aromatic carboxylic acids is 1. The third-order valence-corrected chi connectivity index (χ3v) is 3.09. The molecule has 1 N–H and O–H groups in total. The van der Waals surface area contributed by atoms with E-state index in [0.717, 1.165) is 15.6 Å². The second kappa shape index (κ2) is 4.33. The minimum atomic E-state index is -0.973. The second-order valence-corrected chi connectivity index (χ2v) is 4.73. The van der Waals surface area contributed by atoms with E-state index in [1.54, 1.807) is 7.05 Å². The number of rotatable bonds is 2. The summed E-state index contributed by atoms with van der Waals surface area (Å²) in [6.45, 7) is 1.93. The van der Waals surface area contributed by atoms with Gasteiger partial charge < -0.3 is 9.67 Å². The molecular weight excluding hydrogens is 284 g/mol. The van der Waals surface area contributed by atoms with Gasteiger partial charge in [0, 0.05) is 17.1 Å². The summed E-state index contributed by atoms with van der Waals surface area (Å²) in [5.41, 5.74) is 2.52. The number of hydrogen-bond donors (Lipinski definition) is 1. The summed E-state index contributed by atoms with van der Waals surface area (Å²) in [5.74, 6) is -0.973. The van der Waals surface area contributed by atoms with Crippen molar-refractivity contribution >= 4 is 21.9 Å². The van der Waals surface area contributed by atoms with Gasteiger partial charge in [-0.3, -0.25) is 0 Å². The van der Waals surface area contributed by atoms with E-state index in [1.807, 2.05) is 25.1 Å². The average Bonchev–Trinajstić information content (AvgIpc) is 2.64. The van der Waals surface area contributed by atoms with Crippen LogP contribution in [-0.4, -0.2) is 20.6 Å². The zero-order chi connectivity index (χ0) is 12.6. The van der Waals surface area contributed by atoms with Crippen molar-refractivity contribution in [1.29, 1.82) is 0 Å². The number of imidazole rings is 1. The lowest BCUT2D eigenvalue weighted by molar-refractivity contribution is 0.0687. The van der Waals surface area contributed by atoms with Gasteiger partial charge >= 0.3 is 5.97 Å². The van der Waals surface area contributed by atoms with E-state index in [0.29, 0.717) is 5.69 Å². The largest absolute Gasteiger partial charge is 0.477 e. The molecule has 0 fully saturated rings. The summed E-state index contributed by atoms with van der Waals surface area (Å²) >= 11 is 3.38. The lowest BCUT2D eigenvalue weighted by atomic mass is 10.0. The molecule has 1 heterocycles. The first-order valence-corrected chi connectivity index (χ1v) is 5.81. The molecule has 5 heteroatoms. The van der Waals surface area contributed by atoms with Crippen LogP contribution in [0.4, 0.5) is 0 Å². The maximum Gasteiger partial charge on any atom is 0.354 e. The molecule has 0 saturated heterocycles. The van der Waals surface area contributed by atoms with Gasteiger partial charge in [-0.05, 0) is 24.6 Å². The van der Waals surface area contributed by atoms with Gasteiger partial charge in [0.05, 0.1) is 6.33 Å². The van der Waals surface area contributed by atoms with Crippen molar-refractivity contribution in [2.75, 3.05) is 0 Å². The molecular formula is C12H11BrN2O2. The van der Waals surface area contributed by atoms with Crippen LogP contribution in [0.2, 0.25) is 0 Å². The number of benzene rings is 1. The molecule has 2 rings (SSSR count). The predicted molar refractivity (Wildman–Crippen MR) is 68.0 cm³/mol. The molecule has 1 aromatic carbocycles. The summed E-state index contributed by atoms with van der Waals surface area (Å²) in [6.07, 6.45) is 1.51. The van der Waals surface area contributed by atoms with Crippen LogP contribution in [0.25, 0.3) is 11.3 Å². The minimum Gasteiger partial charge on any atom is -0.477 e. The number of carboxylic acids is 1. The fourth-order valence-corrected chi connectivity index (χ4v) is 2.09. The Labute approximate surface area is 107 Å². The van der Waals surface area contributed by atoms with Gasteiger partial charge in [0.15, 0.2) is 5.69 Å². The number of nitrogens with zero attached hydrogens (tertiary/aromatic N) is 2. The van der Waals surface area contributed by atoms with Crippen LogP contribution in [0.15, 0.2) is 29.0 Å². The molecule has 0 aliphatic heterocycles. The Hall–Kier alpha value is -1.62. The number of carboxylic acid groups (broad SMARTS) is 1. The number of hydrogen-bond acceptors (Lipinski definition) is 2. The first-order valence-electron chi connectivity index (χ1n) is 5.02. The van der Waals surface area contributed by atoms with Crippen LogP contribution in [0.1, 0.15) is 16.1 Å². The fraction of sp³-hybridized carbons (Fsp3) is 0.167. The van der Waals surface area contributed by atoms with Crippen molar-refractivity contribution in [3.63, 3.8) is 0 Å². The van der Waals surface area contributed by atoms with Crippen LogP contribution in [0.5, 0.6) is 0 Å². The molecule has 0 aliphatic carbocycles. The van der Waals surface area contributed by atoms with Gasteiger partial charge in [0.25, 0.3) is 0 Å². The number of carbonyl (C=O) groups is 1. The van der Waals surface area contributed by atoms with Crippen molar-refractivity contribution in [1.82, 2.24) is 9.55 Å². The Kier molecular flexibility index (Phi) is 3.02. The Balaban J connectivity index is 2.68. The van der Waals surface area contributed by atoms with E-state index in [1.165, 1.54) is 10.9 Å². The van der Waals surface area contributed by atoms with E-state index in [9.17, 15) is 9.90 Å². The Morgan fingerprint density at radius 3 is 2.82 bits per heavy atom. The third-order valence-electron chi connectivity index (χ3n) is 2.59. The topological polar surface area (TPSA) is 55.1 Å². The Morgan fingerprint density at radius 1 is 1.47 bits per heavy atom. The highest BCUT2D eigenvalue weighted by Crippen LogP contribution is 2.28. The van der Waals surface area contributed by atoms with Gasteiger partial charge in [-0.2, -0.15) is 0 Å². The zero-order valence-electron chi connectivity index (χ0n) is 9.44. The van der Waals surface area contributed by atoms with Crippen molar-refractivity contribution in [3.05, 3.63) is 40.3 Å². The molecule has 2 aromatic rings. The smallest absolute Gasteiger partial charge is 0.354 e. The standard InChI is InChI=1S/C12H11BrN2O2/c1-7-3-4-8(13)5-9(7)10-11(12(16)17)15(2)6-14-10/h3-6H,1-2H3,(H,16,17). The van der Waals surface area contributed by atoms with Gasteiger partial charge in [0.2, 0.25) is 0 Å². The van der Waals surface area contributed by atoms with Gasteiger partial charge in [-0.25, -0.2) is 9.78 Å². The average molecular weight is 295 g/mol. The zero-order valence-corrected chi connectivity index (χ0v) is 11.0. The predicted octanol–water partition coefficient (Wildman–Crippen LogP) is 2.86. The molecule has 4 nitrogen and oxygen atoms in total. The molecule has 0 atom stereocenters. The molecule has 0 aliphatic rings. The van der Waals surface area contributed by atoms with E-state index in [-0.39, 0.29) is 5.69 Å². The fourth-order valence-electron chi connectivity index (χ4n) is 1.73. The maximum atomic E-state index is 11.2. The summed E-state index contributed by atoms with van der Waals surface area (Å²) in [5, 5.41) is 9.18. The Morgan fingerprint density at radius 2 is 2.18 bits per heavy atom. The molecule has 0 saturated carbocycles. The van der Waals surface area contributed by atoms with E-state index in [2.05, 4.69) is 20.9 Å². The lowest BCUT2D eigenvalue weighted by Gasteiger charge is -2.05. The van der Waals surface area contributed by atoms with Crippen LogP contribution < -0.4 is 0 Å². The molecule has 0 unspecified atom stereocenters. The van der Waals surface area contributed by atoms with Gasteiger partial charge in [-0.15, -0.1) is 0 Å². The SMILES string of the molecule is Cc1ccc(Br)cc1-c1ncn(C)c1C(=O)O. The van der Waals surface area contributed by atoms with Crippen LogP contribution in [-0.2, 0) is 7.05 Å². The first kappa shape index (κ1) is 11.9. The molecule has 0 spiro atoms. The lowest BCUT2D eigenvalue weighted by Crippen LogP contribution is -2.05. The normalized spacial score (nSPS) is 10.5. The van der Waals surface area contributed by atoms with Crippen molar-refractivity contribution in [3.8, 4) is 11.3 Å². The molecule has 17 heavy (non-hydrogen) atoms. The Bertz CT molecular complexity index is 590. The minimum absolute atomic E-state index is 0.200. The van der Waals surface area contributed by atoms with Crippen LogP contribution in [0, 0.1) is 6.92 Å².